The molecule has 22 heavy (non-hydrogen) atoms. The Bertz CT molecular complexity index is 591. The van der Waals surface area contributed by atoms with E-state index < -0.39 is 29.5 Å². The van der Waals surface area contributed by atoms with E-state index in [0.717, 1.165) is 6.07 Å². The van der Waals surface area contributed by atoms with Gasteiger partial charge in [0.25, 0.3) is 5.91 Å². The van der Waals surface area contributed by atoms with Crippen molar-refractivity contribution in [2.75, 3.05) is 0 Å². The molecule has 1 aromatic carbocycles. The highest BCUT2D eigenvalue weighted by Gasteiger charge is 2.34. The normalized spacial score (nSPS) is 14.1. The number of hydrogen-bond donors (Lipinski definition) is 2. The van der Waals surface area contributed by atoms with E-state index in [-0.39, 0.29) is 16.5 Å². The summed E-state index contributed by atoms with van der Waals surface area (Å²) in [7, 11) is 0. The van der Waals surface area contributed by atoms with Gasteiger partial charge in [0.1, 0.15) is 11.3 Å². The van der Waals surface area contributed by atoms with Crippen molar-refractivity contribution < 1.29 is 32.6 Å². The highest BCUT2D eigenvalue weighted by atomic mass is 79.9. The van der Waals surface area contributed by atoms with Gasteiger partial charge >= 0.3 is 12.3 Å². The first kappa shape index (κ1) is 18.3. The number of aliphatic carboxylic acids is 1. The number of alkyl halides is 3. The minimum absolute atomic E-state index is 0.0119. The molecule has 0 aromatic heterocycles. The summed E-state index contributed by atoms with van der Waals surface area (Å²) in [4.78, 5) is 23.2. The van der Waals surface area contributed by atoms with E-state index in [9.17, 15) is 22.8 Å². The summed E-state index contributed by atoms with van der Waals surface area (Å²) < 4.78 is 40.6. The maximum Gasteiger partial charge on any atom is 0.573 e. The molecule has 1 atom stereocenters. The van der Waals surface area contributed by atoms with Crippen molar-refractivity contribution in [3.05, 3.63) is 28.2 Å². The molecule has 2 N–H and O–H groups in total. The zero-order valence-electron chi connectivity index (χ0n) is 11.6. The monoisotopic (exact) mass is 383 g/mol. The number of carbonyl (C=O) groups is 2. The van der Waals surface area contributed by atoms with Crippen molar-refractivity contribution in [1.82, 2.24) is 5.32 Å². The molecule has 0 radical (unpaired) electrons. The molecule has 5 nitrogen and oxygen atoms in total. The Hall–Kier alpha value is -1.77. The Morgan fingerprint density at radius 3 is 2.41 bits per heavy atom. The Kier molecular flexibility index (Phi) is 5.44. The molecule has 0 saturated carbocycles. The van der Waals surface area contributed by atoms with Crippen molar-refractivity contribution in [3.63, 3.8) is 0 Å². The van der Waals surface area contributed by atoms with Crippen LogP contribution in [0, 0.1) is 0 Å². The molecule has 0 heterocycles. The van der Waals surface area contributed by atoms with E-state index in [1.54, 1.807) is 6.92 Å². The summed E-state index contributed by atoms with van der Waals surface area (Å²) in [5.74, 6) is -2.65. The summed E-state index contributed by atoms with van der Waals surface area (Å²) in [5, 5.41) is 11.4. The van der Waals surface area contributed by atoms with E-state index in [4.69, 9.17) is 5.11 Å². The predicted octanol–water partition coefficient (Wildman–Crippen LogP) is 3.33. The van der Waals surface area contributed by atoms with E-state index in [0.29, 0.717) is 0 Å². The molecule has 0 aliphatic carbocycles. The van der Waals surface area contributed by atoms with E-state index >= 15 is 0 Å². The van der Waals surface area contributed by atoms with Crippen LogP contribution in [0.4, 0.5) is 13.2 Å². The maximum atomic E-state index is 12.3. The Morgan fingerprint density at radius 2 is 1.95 bits per heavy atom. The Balaban J connectivity index is 3.05. The average Bonchev–Trinajstić information content (AvgIpc) is 2.39. The fourth-order valence-corrected chi connectivity index (χ4v) is 1.79. The van der Waals surface area contributed by atoms with E-state index in [2.05, 4.69) is 26.0 Å². The topological polar surface area (TPSA) is 75.6 Å². The Labute approximate surface area is 132 Å². The van der Waals surface area contributed by atoms with Crippen molar-refractivity contribution in [2.45, 2.75) is 32.2 Å². The minimum atomic E-state index is -4.91. The second kappa shape index (κ2) is 6.55. The molecule has 0 aliphatic heterocycles. The molecular formula is C13H13BrF3NO4. The van der Waals surface area contributed by atoms with Gasteiger partial charge in [0.05, 0.1) is 4.47 Å². The highest BCUT2D eigenvalue weighted by molar-refractivity contribution is 9.10. The number of carbonyl (C=O) groups excluding carboxylic acids is 1. The van der Waals surface area contributed by atoms with Gasteiger partial charge in [-0.25, -0.2) is 4.79 Å². The number of rotatable bonds is 5. The van der Waals surface area contributed by atoms with Crippen LogP contribution in [0.3, 0.4) is 0 Å². The lowest BCUT2D eigenvalue weighted by molar-refractivity contribution is -0.274. The van der Waals surface area contributed by atoms with Crippen molar-refractivity contribution >= 4 is 27.8 Å². The molecule has 0 fully saturated rings. The van der Waals surface area contributed by atoms with Crippen LogP contribution in [0.25, 0.3) is 0 Å². The van der Waals surface area contributed by atoms with Crippen LogP contribution in [0.15, 0.2) is 22.7 Å². The number of hydrogen-bond acceptors (Lipinski definition) is 3. The lowest BCUT2D eigenvalue weighted by atomic mass is 9.98. The first-order valence-electron chi connectivity index (χ1n) is 6.09. The largest absolute Gasteiger partial charge is 0.573 e. The quantitative estimate of drug-likeness (QED) is 0.817. The molecule has 0 aliphatic rings. The molecule has 9 heteroatoms. The number of halogens is 4. The Morgan fingerprint density at radius 1 is 1.36 bits per heavy atom. The molecule has 1 amide bonds. The molecule has 1 unspecified atom stereocenters. The van der Waals surface area contributed by atoms with Gasteiger partial charge in [0.2, 0.25) is 0 Å². The highest BCUT2D eigenvalue weighted by Crippen LogP contribution is 2.31. The van der Waals surface area contributed by atoms with Crippen LogP contribution in [0.5, 0.6) is 5.75 Å². The third-order valence-corrected chi connectivity index (χ3v) is 3.64. The number of carboxylic acid groups (broad SMARTS) is 1. The summed E-state index contributed by atoms with van der Waals surface area (Å²) >= 11 is 2.88. The van der Waals surface area contributed by atoms with E-state index in [1.165, 1.54) is 19.1 Å². The first-order chi connectivity index (χ1) is 9.98. The molecule has 0 saturated heterocycles. The van der Waals surface area contributed by atoms with Crippen LogP contribution >= 0.6 is 15.9 Å². The van der Waals surface area contributed by atoms with E-state index in [1.807, 2.05) is 0 Å². The number of ether oxygens (including phenoxy) is 1. The second-order valence-corrected chi connectivity index (χ2v) is 5.49. The minimum Gasteiger partial charge on any atom is -0.480 e. The number of carboxylic acids is 1. The zero-order chi connectivity index (χ0) is 17.1. The summed E-state index contributed by atoms with van der Waals surface area (Å²) in [6.07, 6.45) is -4.80. The van der Waals surface area contributed by atoms with Crippen molar-refractivity contribution in [3.8, 4) is 5.75 Å². The van der Waals surface area contributed by atoms with Crippen LogP contribution < -0.4 is 10.1 Å². The van der Waals surface area contributed by atoms with Gasteiger partial charge in [-0.15, -0.1) is 13.2 Å². The summed E-state index contributed by atoms with van der Waals surface area (Å²) in [5.41, 5.74) is -1.67. The van der Waals surface area contributed by atoms with Gasteiger partial charge in [-0.3, -0.25) is 4.79 Å². The second-order valence-electron chi connectivity index (χ2n) is 4.64. The lowest BCUT2D eigenvalue weighted by Crippen LogP contribution is -2.51. The van der Waals surface area contributed by atoms with Crippen LogP contribution in [0.2, 0.25) is 0 Å². The van der Waals surface area contributed by atoms with Crippen molar-refractivity contribution in [1.29, 1.82) is 0 Å². The third-order valence-electron chi connectivity index (χ3n) is 2.99. The van der Waals surface area contributed by atoms with Gasteiger partial charge < -0.3 is 15.2 Å². The zero-order valence-corrected chi connectivity index (χ0v) is 13.2. The fourth-order valence-electron chi connectivity index (χ4n) is 1.46. The van der Waals surface area contributed by atoms with Gasteiger partial charge in [0, 0.05) is 5.56 Å². The molecule has 0 spiro atoms. The molecule has 0 bridgehead atoms. The summed E-state index contributed by atoms with van der Waals surface area (Å²) in [6.45, 7) is 2.87. The fraction of sp³-hybridized carbons (Fsp3) is 0.385. The predicted molar refractivity (Wildman–Crippen MR) is 74.6 cm³/mol. The standard InChI is InChI=1S/C13H13BrF3NO4/c1-3-12(2,11(20)21)18-10(19)7-4-5-8(14)9(6-7)22-13(15,16)17/h4-6H,3H2,1-2H3,(H,18,19)(H,20,21). The molecule has 1 rings (SSSR count). The van der Waals surface area contributed by atoms with Gasteiger partial charge in [-0.05, 0) is 47.5 Å². The molecule has 122 valence electrons. The van der Waals surface area contributed by atoms with Crippen LogP contribution in [-0.4, -0.2) is 28.9 Å². The van der Waals surface area contributed by atoms with Gasteiger partial charge in [-0.1, -0.05) is 6.92 Å². The molecule has 1 aromatic rings. The van der Waals surface area contributed by atoms with Crippen LogP contribution in [0.1, 0.15) is 30.6 Å². The number of benzene rings is 1. The van der Waals surface area contributed by atoms with Crippen molar-refractivity contribution in [2.24, 2.45) is 0 Å². The molecular weight excluding hydrogens is 371 g/mol. The third kappa shape index (κ3) is 4.62. The summed E-state index contributed by atoms with van der Waals surface area (Å²) in [6, 6.07) is 3.34. The maximum absolute atomic E-state index is 12.3. The lowest BCUT2D eigenvalue weighted by Gasteiger charge is -2.24. The number of amides is 1. The SMILES string of the molecule is CCC(C)(NC(=O)c1ccc(Br)c(OC(F)(F)F)c1)C(=O)O. The van der Waals surface area contributed by atoms with Crippen LogP contribution in [-0.2, 0) is 4.79 Å². The van der Waals surface area contributed by atoms with Gasteiger partial charge in [-0.2, -0.15) is 0 Å². The smallest absolute Gasteiger partial charge is 0.480 e. The first-order valence-corrected chi connectivity index (χ1v) is 6.89. The number of nitrogens with one attached hydrogen (secondary N) is 1. The van der Waals surface area contributed by atoms with Gasteiger partial charge in [0.15, 0.2) is 0 Å². The average molecular weight is 384 g/mol.